The highest BCUT2D eigenvalue weighted by atomic mass is 35.5. The summed E-state index contributed by atoms with van der Waals surface area (Å²) in [5.41, 5.74) is 0.666. The van der Waals surface area contributed by atoms with E-state index in [2.05, 4.69) is 5.32 Å². The van der Waals surface area contributed by atoms with Crippen LogP contribution in [-0.4, -0.2) is 51.4 Å². The molecule has 0 radical (unpaired) electrons. The Hall–Kier alpha value is -2.98. The summed E-state index contributed by atoms with van der Waals surface area (Å²) >= 11 is 18.9. The second kappa shape index (κ2) is 14.8. The van der Waals surface area contributed by atoms with Crippen LogP contribution in [0.3, 0.4) is 0 Å². The number of hydrogen-bond acceptors (Lipinski definition) is 5. The van der Waals surface area contributed by atoms with Crippen molar-refractivity contribution in [1.29, 1.82) is 0 Å². The number of nitrogens with zero attached hydrogens (tertiary/aromatic N) is 2. The van der Waals surface area contributed by atoms with Gasteiger partial charge in [0.2, 0.25) is 11.8 Å². The molecule has 0 aliphatic rings. The molecular formula is C29H32Cl3N3O5S. The molecule has 1 N–H and O–H groups in total. The maximum absolute atomic E-state index is 14.1. The van der Waals surface area contributed by atoms with Gasteiger partial charge in [0.05, 0.1) is 17.7 Å². The molecule has 0 fully saturated rings. The van der Waals surface area contributed by atoms with Gasteiger partial charge in [0.1, 0.15) is 18.3 Å². The van der Waals surface area contributed by atoms with Crippen molar-refractivity contribution < 1.29 is 22.7 Å². The normalized spacial score (nSPS) is 12.0. The fourth-order valence-electron chi connectivity index (χ4n) is 4.15. The second-order valence-electron chi connectivity index (χ2n) is 9.10. The zero-order valence-electron chi connectivity index (χ0n) is 22.9. The Morgan fingerprint density at radius 3 is 2.07 bits per heavy atom. The van der Waals surface area contributed by atoms with Crippen molar-refractivity contribution in [3.05, 3.63) is 87.4 Å². The van der Waals surface area contributed by atoms with Crippen molar-refractivity contribution in [2.75, 3.05) is 24.5 Å². The molecule has 3 aromatic carbocycles. The standard InChI is InChI=1S/C29H32Cl3N3O5S/c1-4-17-33-29(37)27(5-2)34(18-24-25(31)7-6-8-26(24)32)28(36)19-35(21-11-9-20(30)10-12-21)41(38,39)23-15-13-22(40-3)14-16-23/h6-16,27H,4-5,17-19H2,1-3H3,(H,33,37)/t27-/m1/s1. The van der Waals surface area contributed by atoms with E-state index in [1.165, 1.54) is 60.5 Å². The van der Waals surface area contributed by atoms with Crippen molar-refractivity contribution in [2.45, 2.75) is 44.2 Å². The average molecular weight is 641 g/mol. The fourth-order valence-corrected chi connectivity index (χ4v) is 6.21. The number of sulfonamides is 1. The van der Waals surface area contributed by atoms with Gasteiger partial charge in [-0.2, -0.15) is 0 Å². The van der Waals surface area contributed by atoms with Gasteiger partial charge in [0.15, 0.2) is 0 Å². The first-order valence-corrected chi connectivity index (χ1v) is 15.5. The zero-order chi connectivity index (χ0) is 30.2. The summed E-state index contributed by atoms with van der Waals surface area (Å²) in [7, 11) is -2.77. The Bertz CT molecular complexity index is 1430. The van der Waals surface area contributed by atoms with Gasteiger partial charge >= 0.3 is 0 Å². The Balaban J connectivity index is 2.08. The molecule has 41 heavy (non-hydrogen) atoms. The van der Waals surface area contributed by atoms with Gasteiger partial charge in [0, 0.05) is 33.7 Å². The van der Waals surface area contributed by atoms with Crippen molar-refractivity contribution in [3.8, 4) is 5.75 Å². The number of ether oxygens (including phenoxy) is 1. The molecule has 0 aliphatic heterocycles. The summed E-state index contributed by atoms with van der Waals surface area (Å²) in [5.74, 6) is -0.502. The van der Waals surface area contributed by atoms with E-state index in [-0.39, 0.29) is 29.5 Å². The van der Waals surface area contributed by atoms with E-state index in [0.717, 1.165) is 4.31 Å². The minimum absolute atomic E-state index is 0.0468. The lowest BCUT2D eigenvalue weighted by atomic mass is 10.1. The quantitative estimate of drug-likeness (QED) is 0.241. The van der Waals surface area contributed by atoms with E-state index in [1.54, 1.807) is 25.1 Å². The Morgan fingerprint density at radius 2 is 1.54 bits per heavy atom. The molecule has 0 unspecified atom stereocenters. The lowest BCUT2D eigenvalue weighted by Crippen LogP contribution is -2.52. The van der Waals surface area contributed by atoms with E-state index in [0.29, 0.717) is 39.3 Å². The molecule has 0 heterocycles. The molecule has 2 amide bonds. The zero-order valence-corrected chi connectivity index (χ0v) is 26.0. The van der Waals surface area contributed by atoms with Crippen molar-refractivity contribution in [2.24, 2.45) is 0 Å². The summed E-state index contributed by atoms with van der Waals surface area (Å²) in [4.78, 5) is 28.5. The van der Waals surface area contributed by atoms with Gasteiger partial charge in [-0.25, -0.2) is 8.42 Å². The highest BCUT2D eigenvalue weighted by Crippen LogP contribution is 2.29. The van der Waals surface area contributed by atoms with Gasteiger partial charge in [-0.3, -0.25) is 13.9 Å². The third-order valence-electron chi connectivity index (χ3n) is 6.37. The summed E-state index contributed by atoms with van der Waals surface area (Å²) in [6, 6.07) is 16.0. The lowest BCUT2D eigenvalue weighted by molar-refractivity contribution is -0.140. The number of benzene rings is 3. The molecule has 3 aromatic rings. The van der Waals surface area contributed by atoms with Crippen LogP contribution in [0.5, 0.6) is 5.75 Å². The van der Waals surface area contributed by atoms with Crippen molar-refractivity contribution in [3.63, 3.8) is 0 Å². The number of carbonyl (C=O) groups is 2. The molecule has 0 aliphatic carbocycles. The van der Waals surface area contributed by atoms with Crippen LogP contribution in [0.25, 0.3) is 0 Å². The van der Waals surface area contributed by atoms with Crippen molar-refractivity contribution >= 4 is 62.3 Å². The van der Waals surface area contributed by atoms with E-state index >= 15 is 0 Å². The minimum atomic E-state index is -4.24. The third-order valence-corrected chi connectivity index (χ3v) is 9.11. The Kier molecular flexibility index (Phi) is 11.7. The third kappa shape index (κ3) is 8.07. The lowest BCUT2D eigenvalue weighted by Gasteiger charge is -2.33. The summed E-state index contributed by atoms with van der Waals surface area (Å²) in [5, 5.41) is 3.87. The van der Waals surface area contributed by atoms with Gasteiger partial charge in [-0.05, 0) is 73.5 Å². The van der Waals surface area contributed by atoms with E-state index in [1.807, 2.05) is 6.92 Å². The smallest absolute Gasteiger partial charge is 0.264 e. The van der Waals surface area contributed by atoms with Gasteiger partial charge in [-0.1, -0.05) is 54.7 Å². The molecule has 0 saturated carbocycles. The van der Waals surface area contributed by atoms with Crippen LogP contribution in [0, 0.1) is 0 Å². The Labute approximate surface area is 256 Å². The second-order valence-corrected chi connectivity index (χ2v) is 12.2. The first-order chi connectivity index (χ1) is 19.5. The van der Waals surface area contributed by atoms with Crippen LogP contribution in [0.1, 0.15) is 32.3 Å². The first kappa shape index (κ1) is 32.5. The molecule has 1 atom stereocenters. The largest absolute Gasteiger partial charge is 0.497 e. The van der Waals surface area contributed by atoms with Gasteiger partial charge in [0.25, 0.3) is 10.0 Å². The number of methoxy groups -OCH3 is 1. The number of nitrogens with one attached hydrogen (secondary N) is 1. The molecule has 0 spiro atoms. The molecule has 0 saturated heterocycles. The number of carbonyl (C=O) groups excluding carboxylic acids is 2. The van der Waals surface area contributed by atoms with Crippen LogP contribution in [0.15, 0.2) is 71.6 Å². The maximum atomic E-state index is 14.1. The number of rotatable bonds is 13. The van der Waals surface area contributed by atoms with Crippen LogP contribution >= 0.6 is 34.8 Å². The average Bonchev–Trinajstić information content (AvgIpc) is 2.96. The summed E-state index contributed by atoms with van der Waals surface area (Å²) < 4.78 is 34.0. The Morgan fingerprint density at radius 1 is 0.927 bits per heavy atom. The van der Waals surface area contributed by atoms with Gasteiger partial charge < -0.3 is 15.0 Å². The number of halogens is 3. The maximum Gasteiger partial charge on any atom is 0.264 e. The number of anilines is 1. The molecule has 8 nitrogen and oxygen atoms in total. The fraction of sp³-hybridized carbons (Fsp3) is 0.310. The van der Waals surface area contributed by atoms with Crippen molar-refractivity contribution in [1.82, 2.24) is 10.2 Å². The number of hydrogen-bond donors (Lipinski definition) is 1. The molecule has 12 heteroatoms. The molecule has 3 rings (SSSR count). The summed E-state index contributed by atoms with van der Waals surface area (Å²) in [6.07, 6.45) is 0.979. The molecule has 220 valence electrons. The van der Waals surface area contributed by atoms with Crippen LogP contribution in [-0.2, 0) is 26.2 Å². The molecule has 0 aromatic heterocycles. The topological polar surface area (TPSA) is 96.0 Å². The molecule has 0 bridgehead atoms. The minimum Gasteiger partial charge on any atom is -0.497 e. The van der Waals surface area contributed by atoms with Gasteiger partial charge in [-0.15, -0.1) is 0 Å². The SMILES string of the molecule is CCCNC(=O)[C@@H](CC)N(Cc1c(Cl)cccc1Cl)C(=O)CN(c1ccc(Cl)cc1)S(=O)(=O)c1ccc(OC)cc1. The predicted molar refractivity (Wildman–Crippen MR) is 163 cm³/mol. The van der Waals surface area contributed by atoms with E-state index < -0.39 is 28.5 Å². The monoisotopic (exact) mass is 639 g/mol. The predicted octanol–water partition coefficient (Wildman–Crippen LogP) is 6.18. The summed E-state index contributed by atoms with van der Waals surface area (Å²) in [6.45, 7) is 3.41. The van der Waals surface area contributed by atoms with E-state index in [4.69, 9.17) is 39.5 Å². The van der Waals surface area contributed by atoms with Crippen LogP contribution in [0.4, 0.5) is 5.69 Å². The highest BCUT2D eigenvalue weighted by molar-refractivity contribution is 7.92. The van der Waals surface area contributed by atoms with E-state index in [9.17, 15) is 18.0 Å². The number of amides is 2. The van der Waals surface area contributed by atoms with Crippen LogP contribution in [0.2, 0.25) is 15.1 Å². The first-order valence-electron chi connectivity index (χ1n) is 13.0. The molecular weight excluding hydrogens is 609 g/mol. The van der Waals surface area contributed by atoms with Crippen LogP contribution < -0.4 is 14.4 Å². The highest BCUT2D eigenvalue weighted by Gasteiger charge is 2.34.